The standard InChI is InChI=1S/C22H19ClF3N3O5/c1-3-11(2)17(29-19(31)13-6-4-5-7-14(13)20(29)32)21(33)34-10-16(30)28-18-15(23)8-12(9-27-18)22(24,25)26/h4-9,11,17H,3,10H2,1-2H3,(H,27,28,30)/t11-,17-/m0/s1. The average Bonchev–Trinajstić information content (AvgIpc) is 3.03. The van der Waals surface area contributed by atoms with E-state index in [4.69, 9.17) is 16.3 Å². The molecule has 0 aliphatic carbocycles. The van der Waals surface area contributed by atoms with Gasteiger partial charge in [-0.2, -0.15) is 13.2 Å². The number of amides is 3. The van der Waals surface area contributed by atoms with Gasteiger partial charge in [0.25, 0.3) is 17.7 Å². The van der Waals surface area contributed by atoms with Gasteiger partial charge in [0.2, 0.25) is 0 Å². The first-order valence-corrected chi connectivity index (χ1v) is 10.5. The number of imide groups is 1. The van der Waals surface area contributed by atoms with Crippen LogP contribution < -0.4 is 5.32 Å². The van der Waals surface area contributed by atoms with Crippen molar-refractivity contribution in [2.45, 2.75) is 32.5 Å². The first-order chi connectivity index (χ1) is 16.0. The summed E-state index contributed by atoms with van der Waals surface area (Å²) in [4.78, 5) is 54.9. The number of hydrogen-bond acceptors (Lipinski definition) is 6. The number of pyridine rings is 1. The molecule has 8 nitrogen and oxygen atoms in total. The molecule has 2 aromatic rings. The molecule has 3 amide bonds. The maximum absolute atomic E-state index is 12.8. The SMILES string of the molecule is CC[C@H](C)[C@@H](C(=O)OCC(=O)Nc1ncc(C(F)(F)F)cc1Cl)N1C(=O)c2ccccc2C1=O. The van der Waals surface area contributed by atoms with E-state index in [0.717, 1.165) is 4.90 Å². The van der Waals surface area contributed by atoms with Crippen LogP contribution in [-0.2, 0) is 20.5 Å². The number of anilines is 1. The fourth-order valence-electron chi connectivity index (χ4n) is 3.35. The van der Waals surface area contributed by atoms with Crippen LogP contribution in [0.15, 0.2) is 36.5 Å². The van der Waals surface area contributed by atoms with Gasteiger partial charge in [-0.1, -0.05) is 44.0 Å². The number of hydrogen-bond donors (Lipinski definition) is 1. The van der Waals surface area contributed by atoms with Crippen LogP contribution in [0, 0.1) is 5.92 Å². The lowest BCUT2D eigenvalue weighted by Crippen LogP contribution is -2.49. The number of rotatable bonds is 7. The molecule has 0 fully saturated rings. The van der Waals surface area contributed by atoms with Crippen molar-refractivity contribution in [3.63, 3.8) is 0 Å². The van der Waals surface area contributed by atoms with Gasteiger partial charge >= 0.3 is 12.1 Å². The van der Waals surface area contributed by atoms with Gasteiger partial charge in [0.1, 0.15) is 6.04 Å². The van der Waals surface area contributed by atoms with Crippen molar-refractivity contribution in [1.82, 2.24) is 9.88 Å². The number of carbonyl (C=O) groups excluding carboxylic acids is 4. The van der Waals surface area contributed by atoms with Crippen LogP contribution in [0.4, 0.5) is 19.0 Å². The van der Waals surface area contributed by atoms with E-state index in [2.05, 4.69) is 10.3 Å². The van der Waals surface area contributed by atoms with Gasteiger partial charge < -0.3 is 10.1 Å². The summed E-state index contributed by atoms with van der Waals surface area (Å²) in [6.07, 6.45) is -3.75. The minimum atomic E-state index is -4.66. The zero-order valence-corrected chi connectivity index (χ0v) is 18.7. The second-order valence-electron chi connectivity index (χ2n) is 7.56. The van der Waals surface area contributed by atoms with Crippen molar-refractivity contribution >= 4 is 41.1 Å². The molecular weight excluding hydrogens is 479 g/mol. The molecule has 34 heavy (non-hydrogen) atoms. The van der Waals surface area contributed by atoms with E-state index in [9.17, 15) is 32.3 Å². The molecule has 1 aromatic heterocycles. The molecule has 0 spiro atoms. The maximum atomic E-state index is 12.8. The maximum Gasteiger partial charge on any atom is 0.417 e. The number of fused-ring (bicyclic) bond motifs is 1. The summed E-state index contributed by atoms with van der Waals surface area (Å²) in [5.74, 6) is -4.03. The topological polar surface area (TPSA) is 106 Å². The highest BCUT2D eigenvalue weighted by atomic mass is 35.5. The number of nitrogens with one attached hydrogen (secondary N) is 1. The smallest absolute Gasteiger partial charge is 0.417 e. The third-order valence-corrected chi connectivity index (χ3v) is 5.59. The molecule has 12 heteroatoms. The fraction of sp³-hybridized carbons (Fsp3) is 0.318. The summed E-state index contributed by atoms with van der Waals surface area (Å²) in [6, 6.07) is 5.45. The Hall–Kier alpha value is -3.47. The molecule has 1 aliphatic rings. The van der Waals surface area contributed by atoms with Crippen LogP contribution in [0.25, 0.3) is 0 Å². The van der Waals surface area contributed by atoms with Crippen molar-refractivity contribution in [3.8, 4) is 0 Å². The largest absolute Gasteiger partial charge is 0.454 e. The molecule has 2 atom stereocenters. The molecule has 3 rings (SSSR count). The minimum Gasteiger partial charge on any atom is -0.454 e. The van der Waals surface area contributed by atoms with Crippen LogP contribution in [0.1, 0.15) is 46.5 Å². The number of aromatic nitrogens is 1. The molecule has 180 valence electrons. The van der Waals surface area contributed by atoms with E-state index in [1.54, 1.807) is 26.0 Å². The third-order valence-electron chi connectivity index (χ3n) is 5.30. The van der Waals surface area contributed by atoms with E-state index in [0.29, 0.717) is 18.7 Å². The molecule has 0 saturated heterocycles. The molecule has 1 aromatic carbocycles. The van der Waals surface area contributed by atoms with E-state index < -0.39 is 59.0 Å². The van der Waals surface area contributed by atoms with E-state index in [1.165, 1.54) is 12.1 Å². The Morgan fingerprint density at radius 2 is 1.76 bits per heavy atom. The lowest BCUT2D eigenvalue weighted by atomic mass is 9.97. The first-order valence-electron chi connectivity index (χ1n) is 10.1. The molecule has 0 saturated carbocycles. The number of ether oxygens (including phenoxy) is 1. The summed E-state index contributed by atoms with van der Waals surface area (Å²) in [5.41, 5.74) is -0.775. The Bertz CT molecular complexity index is 1120. The van der Waals surface area contributed by atoms with E-state index in [-0.39, 0.29) is 16.9 Å². The van der Waals surface area contributed by atoms with Crippen molar-refractivity contribution < 1.29 is 37.1 Å². The molecular formula is C22H19ClF3N3O5. The molecule has 0 radical (unpaired) electrons. The summed E-state index contributed by atoms with van der Waals surface area (Å²) in [6.45, 7) is 2.57. The molecule has 1 N–H and O–H groups in total. The van der Waals surface area contributed by atoms with Crippen LogP contribution in [-0.4, -0.2) is 46.2 Å². The van der Waals surface area contributed by atoms with Gasteiger partial charge in [0.15, 0.2) is 12.4 Å². The summed E-state index contributed by atoms with van der Waals surface area (Å²) >= 11 is 5.75. The van der Waals surface area contributed by atoms with Gasteiger partial charge in [-0.3, -0.25) is 19.3 Å². The lowest BCUT2D eigenvalue weighted by molar-refractivity contribution is -0.153. The van der Waals surface area contributed by atoms with Crippen molar-refractivity contribution in [2.75, 3.05) is 11.9 Å². The monoisotopic (exact) mass is 497 g/mol. The first kappa shape index (κ1) is 25.2. The van der Waals surface area contributed by atoms with Crippen LogP contribution in [0.3, 0.4) is 0 Å². The third kappa shape index (κ3) is 5.04. The van der Waals surface area contributed by atoms with E-state index >= 15 is 0 Å². The second-order valence-corrected chi connectivity index (χ2v) is 7.97. The summed E-state index contributed by atoms with van der Waals surface area (Å²) in [5, 5.41) is 1.69. The zero-order valence-electron chi connectivity index (χ0n) is 18.0. The van der Waals surface area contributed by atoms with E-state index in [1.807, 2.05) is 0 Å². The normalized spacial score (nSPS) is 15.1. The highest BCUT2D eigenvalue weighted by Gasteiger charge is 2.45. The second kappa shape index (κ2) is 9.80. The predicted octanol–water partition coefficient (Wildman–Crippen LogP) is 3.95. The van der Waals surface area contributed by atoms with Crippen molar-refractivity contribution in [2.24, 2.45) is 5.92 Å². The molecule has 0 bridgehead atoms. The van der Waals surface area contributed by atoms with Gasteiger partial charge in [0.05, 0.1) is 21.7 Å². The summed E-state index contributed by atoms with van der Waals surface area (Å²) in [7, 11) is 0. The van der Waals surface area contributed by atoms with Gasteiger partial charge in [-0.25, -0.2) is 9.78 Å². The Morgan fingerprint density at radius 3 is 2.26 bits per heavy atom. The van der Waals surface area contributed by atoms with Gasteiger partial charge in [-0.15, -0.1) is 0 Å². The van der Waals surface area contributed by atoms with Crippen LogP contribution >= 0.6 is 11.6 Å². The quantitative estimate of drug-likeness (QED) is 0.459. The Labute approximate surface area is 197 Å². The highest BCUT2D eigenvalue weighted by Crippen LogP contribution is 2.32. The van der Waals surface area contributed by atoms with Crippen molar-refractivity contribution in [3.05, 3.63) is 58.2 Å². The van der Waals surface area contributed by atoms with Crippen LogP contribution in [0.2, 0.25) is 5.02 Å². The predicted molar refractivity (Wildman–Crippen MR) is 114 cm³/mol. The number of carbonyl (C=O) groups is 4. The Kier molecular flexibility index (Phi) is 7.25. The molecule has 0 unspecified atom stereocenters. The lowest BCUT2D eigenvalue weighted by Gasteiger charge is -2.28. The minimum absolute atomic E-state index is 0.161. The molecule has 1 aliphatic heterocycles. The average molecular weight is 498 g/mol. The van der Waals surface area contributed by atoms with Crippen LogP contribution in [0.5, 0.6) is 0 Å². The fourth-order valence-corrected chi connectivity index (χ4v) is 3.56. The molecule has 2 heterocycles. The zero-order chi connectivity index (χ0) is 25.2. The number of alkyl halides is 3. The Morgan fingerprint density at radius 1 is 1.18 bits per heavy atom. The summed E-state index contributed by atoms with van der Waals surface area (Å²) < 4.78 is 43.2. The highest BCUT2D eigenvalue weighted by molar-refractivity contribution is 6.33. The van der Waals surface area contributed by atoms with Gasteiger partial charge in [0, 0.05) is 6.20 Å². The Balaban J connectivity index is 1.70. The van der Waals surface area contributed by atoms with Crippen molar-refractivity contribution in [1.29, 1.82) is 0 Å². The number of halogens is 4. The number of esters is 1. The van der Waals surface area contributed by atoms with Gasteiger partial charge in [-0.05, 0) is 24.1 Å². The number of benzene rings is 1. The number of nitrogens with zero attached hydrogens (tertiary/aromatic N) is 2.